The highest BCUT2D eigenvalue weighted by Gasteiger charge is 2.23. The zero-order chi connectivity index (χ0) is 15.7. The van der Waals surface area contributed by atoms with Crippen LogP contribution < -0.4 is 5.32 Å². The van der Waals surface area contributed by atoms with Crippen LogP contribution in [0.4, 0.5) is 8.78 Å². The van der Waals surface area contributed by atoms with Crippen molar-refractivity contribution in [2.24, 2.45) is 0 Å². The van der Waals surface area contributed by atoms with E-state index in [2.05, 4.69) is 15.0 Å². The molecule has 1 unspecified atom stereocenters. The summed E-state index contributed by atoms with van der Waals surface area (Å²) in [6.45, 7) is 0.334. The number of hydrogen-bond donors (Lipinski definition) is 2. The van der Waals surface area contributed by atoms with Gasteiger partial charge in [-0.25, -0.2) is 13.6 Å². The van der Waals surface area contributed by atoms with Crippen molar-refractivity contribution in [3.63, 3.8) is 0 Å². The molecule has 0 bridgehead atoms. The van der Waals surface area contributed by atoms with Crippen molar-refractivity contribution >= 4 is 5.97 Å². The van der Waals surface area contributed by atoms with Gasteiger partial charge in [0.05, 0.1) is 11.3 Å². The number of fused-ring (bicyclic) bond motifs is 1. The number of hydrogen-bond acceptors (Lipinski definition) is 4. The van der Waals surface area contributed by atoms with Crippen LogP contribution in [0.1, 0.15) is 39.4 Å². The standard InChI is InChI=1S/C15H14F2N2O3/c16-14(17)13-6-12(19-22-13)7-18-11-4-8-1-2-9(15(20)21)3-10(8)5-11/h1-3,6,11,14,18H,4-5,7H2,(H,20,21). The number of nitrogens with one attached hydrogen (secondary N) is 1. The van der Waals surface area contributed by atoms with Gasteiger partial charge in [-0.1, -0.05) is 11.2 Å². The number of carboxylic acid groups (broad SMARTS) is 1. The van der Waals surface area contributed by atoms with Crippen molar-refractivity contribution in [3.8, 4) is 0 Å². The van der Waals surface area contributed by atoms with E-state index in [0.717, 1.165) is 17.5 Å². The molecule has 2 N–H and O–H groups in total. The van der Waals surface area contributed by atoms with Gasteiger partial charge in [0.15, 0.2) is 0 Å². The third-order valence-corrected chi connectivity index (χ3v) is 3.75. The Morgan fingerprint density at radius 3 is 2.82 bits per heavy atom. The topological polar surface area (TPSA) is 75.4 Å². The van der Waals surface area contributed by atoms with Crippen LogP contribution in [0.2, 0.25) is 0 Å². The monoisotopic (exact) mass is 308 g/mol. The predicted octanol–water partition coefficient (Wildman–Crippen LogP) is 2.57. The zero-order valence-corrected chi connectivity index (χ0v) is 11.6. The Morgan fingerprint density at radius 1 is 1.36 bits per heavy atom. The van der Waals surface area contributed by atoms with Crippen LogP contribution >= 0.6 is 0 Å². The van der Waals surface area contributed by atoms with E-state index in [1.807, 2.05) is 6.07 Å². The Morgan fingerprint density at radius 2 is 2.14 bits per heavy atom. The number of nitrogens with zero attached hydrogens (tertiary/aromatic N) is 1. The summed E-state index contributed by atoms with van der Waals surface area (Å²) in [5.74, 6) is -1.38. The van der Waals surface area contributed by atoms with Crippen LogP contribution in [0.5, 0.6) is 0 Å². The second kappa shape index (κ2) is 5.84. The summed E-state index contributed by atoms with van der Waals surface area (Å²) in [6, 6.07) is 6.47. The molecule has 1 atom stereocenters. The number of rotatable bonds is 5. The van der Waals surface area contributed by atoms with E-state index < -0.39 is 18.2 Å². The number of carbonyl (C=O) groups is 1. The second-order valence-corrected chi connectivity index (χ2v) is 5.30. The molecule has 1 aliphatic carbocycles. The maximum Gasteiger partial charge on any atom is 0.335 e. The first-order valence-electron chi connectivity index (χ1n) is 6.85. The van der Waals surface area contributed by atoms with E-state index in [4.69, 9.17) is 5.11 Å². The van der Waals surface area contributed by atoms with Crippen molar-refractivity contribution < 1.29 is 23.2 Å². The third kappa shape index (κ3) is 2.99. The van der Waals surface area contributed by atoms with Crippen LogP contribution in [0.25, 0.3) is 0 Å². The van der Waals surface area contributed by atoms with Crippen LogP contribution in [0, 0.1) is 0 Å². The van der Waals surface area contributed by atoms with Crippen LogP contribution in [-0.2, 0) is 19.4 Å². The van der Waals surface area contributed by atoms with Crippen molar-refractivity contribution in [2.75, 3.05) is 0 Å². The lowest BCUT2D eigenvalue weighted by Crippen LogP contribution is -2.29. The van der Waals surface area contributed by atoms with Crippen LogP contribution in [-0.4, -0.2) is 22.3 Å². The molecule has 22 heavy (non-hydrogen) atoms. The molecule has 0 saturated carbocycles. The zero-order valence-electron chi connectivity index (χ0n) is 11.6. The van der Waals surface area contributed by atoms with E-state index in [0.29, 0.717) is 18.7 Å². The van der Waals surface area contributed by atoms with Crippen LogP contribution in [0.3, 0.4) is 0 Å². The SMILES string of the molecule is O=C(O)c1ccc2c(c1)CC(NCc1cc(C(F)F)on1)C2. The van der Waals surface area contributed by atoms with Gasteiger partial charge in [-0.2, -0.15) is 0 Å². The predicted molar refractivity (Wildman–Crippen MR) is 72.9 cm³/mol. The Kier molecular flexibility index (Phi) is 3.89. The van der Waals surface area contributed by atoms with Gasteiger partial charge < -0.3 is 14.9 Å². The normalized spacial score (nSPS) is 17.0. The maximum atomic E-state index is 12.4. The van der Waals surface area contributed by atoms with Crippen molar-refractivity contribution in [1.29, 1.82) is 0 Å². The van der Waals surface area contributed by atoms with E-state index in [1.54, 1.807) is 12.1 Å². The largest absolute Gasteiger partial charge is 0.478 e. The highest BCUT2D eigenvalue weighted by molar-refractivity contribution is 5.88. The van der Waals surface area contributed by atoms with Gasteiger partial charge in [0, 0.05) is 18.7 Å². The average Bonchev–Trinajstić information content (AvgIpc) is 3.10. The summed E-state index contributed by atoms with van der Waals surface area (Å²) in [6.07, 6.45) is -1.18. The lowest BCUT2D eigenvalue weighted by Gasteiger charge is -2.09. The maximum absolute atomic E-state index is 12.4. The van der Waals surface area contributed by atoms with Crippen molar-refractivity contribution in [3.05, 3.63) is 52.4 Å². The molecule has 3 rings (SSSR count). The quantitative estimate of drug-likeness (QED) is 0.888. The summed E-state index contributed by atoms with van der Waals surface area (Å²) in [7, 11) is 0. The first kappa shape index (κ1) is 14.6. The molecule has 1 aliphatic rings. The number of halogens is 2. The second-order valence-electron chi connectivity index (χ2n) is 5.30. The minimum Gasteiger partial charge on any atom is -0.478 e. The lowest BCUT2D eigenvalue weighted by molar-refractivity contribution is 0.0696. The van der Waals surface area contributed by atoms with E-state index >= 15 is 0 Å². The lowest BCUT2D eigenvalue weighted by atomic mass is 10.1. The molecule has 1 aromatic heterocycles. The summed E-state index contributed by atoms with van der Waals surface area (Å²) >= 11 is 0. The van der Waals surface area contributed by atoms with Gasteiger partial charge in [-0.15, -0.1) is 0 Å². The van der Waals surface area contributed by atoms with Crippen molar-refractivity contribution in [2.45, 2.75) is 31.9 Å². The molecule has 0 saturated heterocycles. The Hall–Kier alpha value is -2.28. The van der Waals surface area contributed by atoms with Gasteiger partial charge in [-0.05, 0) is 36.1 Å². The molecule has 1 aromatic carbocycles. The number of alkyl halides is 2. The summed E-state index contributed by atoms with van der Waals surface area (Å²) in [4.78, 5) is 11.0. The first-order chi connectivity index (χ1) is 10.5. The van der Waals surface area contributed by atoms with Gasteiger partial charge in [-0.3, -0.25) is 0 Å². The molecule has 116 valence electrons. The highest BCUT2D eigenvalue weighted by Crippen LogP contribution is 2.24. The van der Waals surface area contributed by atoms with Gasteiger partial charge >= 0.3 is 5.97 Å². The summed E-state index contributed by atoms with van der Waals surface area (Å²) < 4.78 is 29.3. The van der Waals surface area contributed by atoms with Gasteiger partial charge in [0.25, 0.3) is 6.43 Å². The van der Waals surface area contributed by atoms with Gasteiger partial charge in [0.1, 0.15) is 0 Å². The van der Waals surface area contributed by atoms with Gasteiger partial charge in [0.2, 0.25) is 5.76 Å². The van der Waals surface area contributed by atoms with E-state index in [-0.39, 0.29) is 11.6 Å². The van der Waals surface area contributed by atoms with Crippen LogP contribution in [0.15, 0.2) is 28.8 Å². The molecular weight excluding hydrogens is 294 g/mol. The Bertz CT molecular complexity index is 700. The fourth-order valence-electron chi connectivity index (χ4n) is 2.66. The third-order valence-electron chi connectivity index (χ3n) is 3.75. The smallest absolute Gasteiger partial charge is 0.335 e. The molecule has 0 spiro atoms. The minimum absolute atomic E-state index is 0.130. The number of carboxylic acids is 1. The molecule has 1 heterocycles. The summed E-state index contributed by atoms with van der Waals surface area (Å²) in [5.41, 5.74) is 2.82. The summed E-state index contributed by atoms with van der Waals surface area (Å²) in [5, 5.41) is 15.8. The first-order valence-corrected chi connectivity index (χ1v) is 6.85. The fraction of sp³-hybridized carbons (Fsp3) is 0.333. The fourth-order valence-corrected chi connectivity index (χ4v) is 2.66. The molecule has 7 heteroatoms. The Labute approximate surface area is 124 Å². The molecule has 0 amide bonds. The molecule has 0 radical (unpaired) electrons. The van der Waals surface area contributed by atoms with E-state index in [1.165, 1.54) is 6.07 Å². The van der Waals surface area contributed by atoms with E-state index in [9.17, 15) is 13.6 Å². The number of aromatic nitrogens is 1. The molecule has 0 aliphatic heterocycles. The molecule has 5 nitrogen and oxygen atoms in total. The number of aromatic carboxylic acids is 1. The molecular formula is C15H14F2N2O3. The Balaban J connectivity index is 1.60. The minimum atomic E-state index is -2.66. The van der Waals surface area contributed by atoms with Crippen molar-refractivity contribution in [1.82, 2.24) is 10.5 Å². The highest BCUT2D eigenvalue weighted by atomic mass is 19.3. The molecule has 0 fully saturated rings. The average molecular weight is 308 g/mol. The number of benzene rings is 1. The molecule has 2 aromatic rings.